The zero-order chi connectivity index (χ0) is 8.65. The fourth-order valence-electron chi connectivity index (χ4n) is 1.01. The molecule has 0 saturated heterocycles. The van der Waals surface area contributed by atoms with Crippen LogP contribution in [0, 0.1) is 6.42 Å². The Kier molecular flexibility index (Phi) is 4.22. The first kappa shape index (κ1) is 9.05. The van der Waals surface area contributed by atoms with Crippen LogP contribution in [0.3, 0.4) is 0 Å². The van der Waals surface area contributed by atoms with Gasteiger partial charge in [-0.3, -0.25) is 0 Å². The van der Waals surface area contributed by atoms with E-state index in [-0.39, 0.29) is 0 Å². The van der Waals surface area contributed by atoms with E-state index in [0.717, 1.165) is 0 Å². The molecular formula is C12H15. The maximum Gasteiger partial charge on any atom is -0.0167 e. The smallest absolute Gasteiger partial charge is 0.0167 e. The normalized spacial score (nSPS) is 10.8. The molecule has 63 valence electrons. The summed E-state index contributed by atoms with van der Waals surface area (Å²) in [6.45, 7) is 2.19. The highest BCUT2D eigenvalue weighted by Crippen LogP contribution is 2.02. The van der Waals surface area contributed by atoms with Gasteiger partial charge in [-0.05, 0) is 18.4 Å². The zero-order valence-corrected chi connectivity index (χ0v) is 7.53. The first-order valence-corrected chi connectivity index (χ1v) is 4.48. The van der Waals surface area contributed by atoms with Gasteiger partial charge < -0.3 is 0 Å². The van der Waals surface area contributed by atoms with Crippen LogP contribution in [-0.2, 0) is 0 Å². The number of unbranched alkanes of at least 4 members (excludes halogenated alkanes) is 2. The van der Waals surface area contributed by atoms with Crippen LogP contribution in [0.15, 0.2) is 36.4 Å². The van der Waals surface area contributed by atoms with Crippen LogP contribution < -0.4 is 0 Å². The van der Waals surface area contributed by atoms with Crippen LogP contribution >= 0.6 is 0 Å². The maximum absolute atomic E-state index is 2.20. The highest BCUT2D eigenvalue weighted by atomic mass is 13.9. The van der Waals surface area contributed by atoms with Crippen molar-refractivity contribution in [2.24, 2.45) is 0 Å². The lowest BCUT2D eigenvalue weighted by atomic mass is 10.2. The Morgan fingerprint density at radius 2 is 1.92 bits per heavy atom. The highest BCUT2D eigenvalue weighted by Gasteiger charge is 1.82. The van der Waals surface area contributed by atoms with Gasteiger partial charge in [0.1, 0.15) is 0 Å². The van der Waals surface area contributed by atoms with Crippen molar-refractivity contribution in [2.45, 2.75) is 19.8 Å². The van der Waals surface area contributed by atoms with Crippen molar-refractivity contribution in [3.8, 4) is 0 Å². The van der Waals surface area contributed by atoms with Crippen LogP contribution in [0.4, 0.5) is 0 Å². The largest absolute Gasteiger partial charge is 0.0802 e. The monoisotopic (exact) mass is 159 g/mol. The molecule has 0 aliphatic rings. The van der Waals surface area contributed by atoms with Crippen molar-refractivity contribution in [3.05, 3.63) is 48.4 Å². The van der Waals surface area contributed by atoms with Crippen molar-refractivity contribution in [1.29, 1.82) is 0 Å². The summed E-state index contributed by atoms with van der Waals surface area (Å²) in [5.41, 5.74) is 1.27. The fourth-order valence-corrected chi connectivity index (χ4v) is 1.01. The summed E-state index contributed by atoms with van der Waals surface area (Å²) in [5, 5.41) is 0. The molecular weight excluding hydrogens is 144 g/mol. The van der Waals surface area contributed by atoms with Crippen molar-refractivity contribution in [1.82, 2.24) is 0 Å². The molecule has 0 amide bonds. The number of hydrogen-bond donors (Lipinski definition) is 0. The lowest BCUT2D eigenvalue weighted by Crippen LogP contribution is -1.70. The molecule has 0 aliphatic carbocycles. The Bertz CT molecular complexity index is 221. The van der Waals surface area contributed by atoms with Gasteiger partial charge in [-0.15, -0.1) is 0 Å². The van der Waals surface area contributed by atoms with Gasteiger partial charge in [0.15, 0.2) is 0 Å². The van der Waals surface area contributed by atoms with E-state index in [1.54, 1.807) is 0 Å². The second-order valence-corrected chi connectivity index (χ2v) is 2.79. The van der Waals surface area contributed by atoms with Gasteiger partial charge in [0.05, 0.1) is 0 Å². The Morgan fingerprint density at radius 3 is 2.58 bits per heavy atom. The molecule has 0 heterocycles. The van der Waals surface area contributed by atoms with E-state index >= 15 is 0 Å². The second-order valence-electron chi connectivity index (χ2n) is 2.79. The maximum atomic E-state index is 2.20. The van der Waals surface area contributed by atoms with Crippen LogP contribution in [0.5, 0.6) is 0 Å². The number of rotatable bonds is 4. The van der Waals surface area contributed by atoms with E-state index in [2.05, 4.69) is 49.8 Å². The minimum absolute atomic E-state index is 1.17. The van der Waals surface area contributed by atoms with E-state index in [0.29, 0.717) is 0 Å². The van der Waals surface area contributed by atoms with Gasteiger partial charge in [-0.25, -0.2) is 0 Å². The molecule has 0 atom stereocenters. The molecule has 0 bridgehead atoms. The Hall–Kier alpha value is -1.04. The molecule has 0 nitrogen and oxygen atoms in total. The second kappa shape index (κ2) is 5.59. The van der Waals surface area contributed by atoms with Gasteiger partial charge in [0.25, 0.3) is 0 Å². The standard InChI is InChI=1S/C12H15/c1-2-3-4-6-9-12-10-7-5-8-11-12/h4-11H,2-3H2,1H3. The van der Waals surface area contributed by atoms with Crippen LogP contribution in [0.25, 0.3) is 6.08 Å². The number of benzene rings is 1. The summed E-state index contributed by atoms with van der Waals surface area (Å²) in [5.74, 6) is 0. The topological polar surface area (TPSA) is 0 Å². The van der Waals surface area contributed by atoms with Gasteiger partial charge >= 0.3 is 0 Å². The average Bonchev–Trinajstić information content (AvgIpc) is 2.14. The lowest BCUT2D eigenvalue weighted by molar-refractivity contribution is 0.924. The first-order chi connectivity index (χ1) is 5.93. The van der Waals surface area contributed by atoms with Crippen molar-refractivity contribution in [2.75, 3.05) is 0 Å². The van der Waals surface area contributed by atoms with Gasteiger partial charge in [0, 0.05) is 0 Å². The summed E-state index contributed by atoms with van der Waals surface area (Å²) < 4.78 is 0. The SMILES string of the molecule is CCC[CH]C=Cc1ccccc1. The van der Waals surface area contributed by atoms with Crippen LogP contribution in [0.2, 0.25) is 0 Å². The molecule has 1 radical (unpaired) electrons. The third-order valence-corrected chi connectivity index (χ3v) is 1.68. The quantitative estimate of drug-likeness (QED) is 0.587. The van der Waals surface area contributed by atoms with E-state index in [9.17, 15) is 0 Å². The van der Waals surface area contributed by atoms with Crippen molar-refractivity contribution in [3.63, 3.8) is 0 Å². The molecule has 0 N–H and O–H groups in total. The van der Waals surface area contributed by atoms with E-state index in [1.165, 1.54) is 18.4 Å². The molecule has 1 aromatic rings. The summed E-state index contributed by atoms with van der Waals surface area (Å²) in [4.78, 5) is 0. The predicted octanol–water partition coefficient (Wildman–Crippen LogP) is 3.70. The van der Waals surface area contributed by atoms with Crippen molar-refractivity contribution >= 4 is 6.08 Å². The van der Waals surface area contributed by atoms with Gasteiger partial charge in [0.2, 0.25) is 0 Å². The minimum atomic E-state index is 1.17. The molecule has 12 heavy (non-hydrogen) atoms. The molecule has 0 spiro atoms. The van der Waals surface area contributed by atoms with E-state index in [4.69, 9.17) is 0 Å². The average molecular weight is 159 g/mol. The third-order valence-electron chi connectivity index (χ3n) is 1.68. The first-order valence-electron chi connectivity index (χ1n) is 4.48. The summed E-state index contributed by atoms with van der Waals surface area (Å²) in [6, 6.07) is 10.4. The third kappa shape index (κ3) is 3.38. The van der Waals surface area contributed by atoms with Crippen molar-refractivity contribution < 1.29 is 0 Å². The summed E-state index contributed by atoms with van der Waals surface area (Å²) in [7, 11) is 0. The van der Waals surface area contributed by atoms with Crippen LogP contribution in [0.1, 0.15) is 25.3 Å². The zero-order valence-electron chi connectivity index (χ0n) is 7.53. The van der Waals surface area contributed by atoms with E-state index in [1.807, 2.05) is 6.07 Å². The molecule has 0 saturated carbocycles. The number of hydrogen-bond acceptors (Lipinski definition) is 0. The van der Waals surface area contributed by atoms with E-state index < -0.39 is 0 Å². The van der Waals surface area contributed by atoms with Gasteiger partial charge in [-0.2, -0.15) is 0 Å². The van der Waals surface area contributed by atoms with Crippen LogP contribution in [-0.4, -0.2) is 0 Å². The Balaban J connectivity index is 2.36. The molecule has 0 aromatic heterocycles. The molecule has 0 heteroatoms. The van der Waals surface area contributed by atoms with Gasteiger partial charge in [-0.1, -0.05) is 55.8 Å². The lowest BCUT2D eigenvalue weighted by Gasteiger charge is -1.90. The molecule has 1 rings (SSSR count). The summed E-state index contributed by atoms with van der Waals surface area (Å²) in [6.07, 6.45) is 8.85. The molecule has 0 fully saturated rings. The predicted molar refractivity (Wildman–Crippen MR) is 54.7 cm³/mol. The molecule has 1 aromatic carbocycles. The molecule has 0 aliphatic heterocycles. The Labute approximate surface area is 74.9 Å². The number of allylic oxidation sites excluding steroid dienone is 1. The Morgan fingerprint density at radius 1 is 1.17 bits per heavy atom. The summed E-state index contributed by atoms with van der Waals surface area (Å²) >= 11 is 0. The fraction of sp³-hybridized carbons (Fsp3) is 0.250. The minimum Gasteiger partial charge on any atom is -0.0802 e. The molecule has 0 unspecified atom stereocenters. The highest BCUT2D eigenvalue weighted by molar-refractivity contribution is 5.49.